The molecule has 4 saturated carbocycles. The predicted octanol–water partition coefficient (Wildman–Crippen LogP) is 8.44. The minimum Gasteiger partial charge on any atom is -0.311 e. The van der Waals surface area contributed by atoms with Gasteiger partial charge in [-0.25, -0.2) is 0 Å². The van der Waals surface area contributed by atoms with E-state index in [2.05, 4.69) is 127 Å². The molecule has 0 unspecified atom stereocenters. The van der Waals surface area contributed by atoms with Crippen molar-refractivity contribution in [3.8, 4) is 0 Å². The van der Waals surface area contributed by atoms with Crippen molar-refractivity contribution >= 4 is 57.2 Å². The largest absolute Gasteiger partial charge is 0.311 e. The van der Waals surface area contributed by atoms with Gasteiger partial charge in [0, 0.05) is 33.9 Å². The van der Waals surface area contributed by atoms with Gasteiger partial charge >= 0.3 is 0 Å². The van der Waals surface area contributed by atoms with E-state index in [1.807, 2.05) is 0 Å². The van der Waals surface area contributed by atoms with E-state index in [0.29, 0.717) is 0 Å². The van der Waals surface area contributed by atoms with E-state index in [1.54, 1.807) is 11.1 Å². The molecule has 12 rings (SSSR count). The second kappa shape index (κ2) is 8.52. The summed E-state index contributed by atoms with van der Waals surface area (Å²) in [7, 11) is 0. The third-order valence-electron chi connectivity index (χ3n) is 13.0. The van der Waals surface area contributed by atoms with Gasteiger partial charge in [0.15, 0.2) is 0 Å². The molecule has 4 aliphatic carbocycles. The van der Waals surface area contributed by atoms with Crippen molar-refractivity contribution in [1.82, 2.24) is 0 Å². The smallest absolute Gasteiger partial charge is 0.252 e. The van der Waals surface area contributed by atoms with E-state index < -0.39 is 0 Å². The van der Waals surface area contributed by atoms with Crippen molar-refractivity contribution in [2.45, 2.75) is 51.4 Å². The van der Waals surface area contributed by atoms with Crippen LogP contribution in [-0.2, 0) is 5.41 Å². The maximum absolute atomic E-state index is 2.70. The molecule has 0 aromatic heterocycles. The van der Waals surface area contributed by atoms with Gasteiger partial charge < -0.3 is 9.80 Å². The van der Waals surface area contributed by atoms with Crippen LogP contribution in [0.5, 0.6) is 0 Å². The summed E-state index contributed by atoms with van der Waals surface area (Å²) < 4.78 is 0. The fourth-order valence-electron chi connectivity index (χ4n) is 11.7. The molecule has 3 aliphatic heterocycles. The van der Waals surface area contributed by atoms with Gasteiger partial charge in [-0.15, -0.1) is 0 Å². The van der Waals surface area contributed by atoms with E-state index in [9.17, 15) is 0 Å². The van der Waals surface area contributed by atoms with Crippen LogP contribution in [0.15, 0.2) is 103 Å². The van der Waals surface area contributed by atoms with Crippen LogP contribution in [0.4, 0.5) is 34.1 Å². The van der Waals surface area contributed by atoms with Crippen molar-refractivity contribution in [1.29, 1.82) is 0 Å². The van der Waals surface area contributed by atoms with Gasteiger partial charge in [-0.2, -0.15) is 0 Å². The fraction of sp³-hybridized carbons (Fsp3) is 0.286. The number of fused-ring (bicyclic) bond motifs is 6. The lowest BCUT2D eigenvalue weighted by molar-refractivity contribution is -0.0419. The number of nitrogens with zero attached hydrogens (tertiary/aromatic N) is 2. The number of hydrogen-bond acceptors (Lipinski definition) is 2. The summed E-state index contributed by atoms with van der Waals surface area (Å²) in [6, 6.07) is 40.2. The zero-order valence-electron chi connectivity index (χ0n) is 26.1. The van der Waals surface area contributed by atoms with E-state index in [-0.39, 0.29) is 12.1 Å². The molecule has 0 atom stereocenters. The van der Waals surface area contributed by atoms with Crippen molar-refractivity contribution in [3.63, 3.8) is 0 Å². The first-order valence-electron chi connectivity index (χ1n) is 17.2. The lowest BCUT2D eigenvalue weighted by Crippen LogP contribution is -2.64. The highest BCUT2D eigenvalue weighted by molar-refractivity contribution is 7.00. The molecule has 7 aliphatic rings. The highest BCUT2D eigenvalue weighted by Gasteiger charge is 2.62. The van der Waals surface area contributed by atoms with Crippen LogP contribution in [0, 0.1) is 37.5 Å². The molecule has 0 radical (unpaired) electrons. The molecule has 4 bridgehead atoms. The molecule has 0 amide bonds. The maximum atomic E-state index is 2.70. The highest BCUT2D eigenvalue weighted by atomic mass is 15.2. The Morgan fingerprint density at radius 1 is 0.556 bits per heavy atom. The van der Waals surface area contributed by atoms with Crippen LogP contribution in [0.3, 0.4) is 0 Å². The van der Waals surface area contributed by atoms with Gasteiger partial charge in [0.25, 0.3) is 6.71 Å². The monoisotopic (exact) mass is 580 g/mol. The van der Waals surface area contributed by atoms with Gasteiger partial charge in [-0.3, -0.25) is 0 Å². The quantitative estimate of drug-likeness (QED) is 0.180. The summed E-state index contributed by atoms with van der Waals surface area (Å²) in [6.45, 7) is 4.71. The van der Waals surface area contributed by atoms with Gasteiger partial charge in [0.05, 0.1) is 5.69 Å². The molecule has 0 saturated heterocycles. The average molecular weight is 581 g/mol. The first-order chi connectivity index (χ1) is 22.1. The van der Waals surface area contributed by atoms with E-state index in [0.717, 1.165) is 23.7 Å². The predicted molar refractivity (Wildman–Crippen MR) is 188 cm³/mol. The molecule has 3 heteroatoms. The molecule has 3 heterocycles. The van der Waals surface area contributed by atoms with Gasteiger partial charge in [0.1, 0.15) is 0 Å². The molecule has 45 heavy (non-hydrogen) atoms. The van der Waals surface area contributed by atoms with Crippen LogP contribution < -0.4 is 26.2 Å². The number of para-hydroxylation sites is 3. The number of aryl methyl sites for hydroxylation is 2. The van der Waals surface area contributed by atoms with Gasteiger partial charge in [-0.1, -0.05) is 78.4 Å². The minimum absolute atomic E-state index is 0.123. The van der Waals surface area contributed by atoms with Gasteiger partial charge in [-0.05, 0) is 133 Å². The standard InChI is InChI=1S/C42H37BN2/c1-25-17-18-37-34(19-25)43-33-12-7-11-32-41(33)45(39-16-8-15-38(40(39)43)44(37)35-13-5-3-9-26(35)2)36-14-6-4-10-31(36)42(32)29-21-27-20-28(23-29)24-30(42)22-27/h3-19,27-30H,20-24H2,1-2H3. The Hall–Kier alpha value is -4.24. The van der Waals surface area contributed by atoms with Crippen LogP contribution in [-0.4, -0.2) is 6.71 Å². The Labute approximate surface area is 266 Å². The summed E-state index contributed by atoms with van der Waals surface area (Å²) in [5, 5.41) is 0. The van der Waals surface area contributed by atoms with Crippen LogP contribution >= 0.6 is 0 Å². The Kier molecular flexibility index (Phi) is 4.73. The Bertz CT molecular complexity index is 2070. The maximum Gasteiger partial charge on any atom is 0.252 e. The van der Waals surface area contributed by atoms with E-state index >= 15 is 0 Å². The van der Waals surface area contributed by atoms with Crippen molar-refractivity contribution in [2.24, 2.45) is 23.7 Å². The zero-order chi connectivity index (χ0) is 29.6. The molecular formula is C42H37BN2. The molecule has 0 N–H and O–H groups in total. The Balaban J connectivity index is 1.25. The SMILES string of the molecule is Cc1ccc2c(c1)B1c3cccc4c3N(c3ccccc3C43C4CC5CC(C4)CC3C5)c3cccc(c31)N2c1ccccc1C. The van der Waals surface area contributed by atoms with Crippen molar-refractivity contribution in [3.05, 3.63) is 125 Å². The van der Waals surface area contributed by atoms with Crippen LogP contribution in [0.1, 0.15) is 54.4 Å². The summed E-state index contributed by atoms with van der Waals surface area (Å²) in [5.74, 6) is 3.36. The highest BCUT2D eigenvalue weighted by Crippen LogP contribution is 2.69. The first-order valence-corrected chi connectivity index (χ1v) is 17.2. The zero-order valence-corrected chi connectivity index (χ0v) is 26.1. The normalized spacial score (nSPS) is 27.3. The second-order valence-electron chi connectivity index (χ2n) is 15.1. The Morgan fingerprint density at radius 2 is 1.20 bits per heavy atom. The lowest BCUT2D eigenvalue weighted by atomic mass is 9.32. The number of benzene rings is 5. The van der Waals surface area contributed by atoms with Crippen LogP contribution in [0.2, 0.25) is 0 Å². The molecule has 218 valence electrons. The third-order valence-corrected chi connectivity index (χ3v) is 13.0. The molecular weight excluding hydrogens is 543 g/mol. The van der Waals surface area contributed by atoms with E-state index in [4.69, 9.17) is 0 Å². The Morgan fingerprint density at radius 3 is 1.98 bits per heavy atom. The summed E-state index contributed by atoms with van der Waals surface area (Å²) >= 11 is 0. The molecule has 1 spiro atoms. The molecule has 5 aromatic carbocycles. The summed E-state index contributed by atoms with van der Waals surface area (Å²) in [4.78, 5) is 5.24. The van der Waals surface area contributed by atoms with Crippen LogP contribution in [0.25, 0.3) is 0 Å². The first kappa shape index (κ1) is 25.0. The average Bonchev–Trinajstić information content (AvgIpc) is 3.05. The van der Waals surface area contributed by atoms with E-state index in [1.165, 1.54) is 93.7 Å². The number of hydrogen-bond donors (Lipinski definition) is 0. The second-order valence-corrected chi connectivity index (χ2v) is 15.1. The summed E-state index contributed by atoms with van der Waals surface area (Å²) in [5.41, 5.74) is 18.5. The van der Waals surface area contributed by atoms with Gasteiger partial charge in [0.2, 0.25) is 0 Å². The summed E-state index contributed by atoms with van der Waals surface area (Å²) in [6.07, 6.45) is 7.10. The lowest BCUT2D eigenvalue weighted by Gasteiger charge is -2.64. The molecule has 5 aromatic rings. The third kappa shape index (κ3) is 2.95. The van der Waals surface area contributed by atoms with Crippen molar-refractivity contribution in [2.75, 3.05) is 9.80 Å². The molecule has 2 nitrogen and oxygen atoms in total. The minimum atomic E-state index is 0.123. The number of anilines is 6. The topological polar surface area (TPSA) is 6.48 Å². The van der Waals surface area contributed by atoms with Crippen molar-refractivity contribution < 1.29 is 0 Å². The fourth-order valence-corrected chi connectivity index (χ4v) is 11.7. The number of rotatable bonds is 1. The molecule has 4 fully saturated rings.